The van der Waals surface area contributed by atoms with Crippen LogP contribution in [0.5, 0.6) is 5.75 Å². The van der Waals surface area contributed by atoms with Crippen LogP contribution in [0.1, 0.15) is 32.1 Å². The first-order valence-electron chi connectivity index (χ1n) is 10.9. The number of rotatable bonds is 7. The number of nitrogens with one attached hydrogen (secondary N) is 2. The fourth-order valence-corrected chi connectivity index (χ4v) is 3.68. The lowest BCUT2D eigenvalue weighted by Crippen LogP contribution is -2.24. The predicted octanol–water partition coefficient (Wildman–Crippen LogP) is 4.57. The molecular formula is C27H24N4O4. The van der Waals surface area contributed by atoms with Gasteiger partial charge in [-0.25, -0.2) is 4.68 Å². The number of aryl methyl sites for hydroxylation is 1. The Bertz CT molecular complexity index is 1380. The van der Waals surface area contributed by atoms with E-state index in [1.54, 1.807) is 74.2 Å². The minimum absolute atomic E-state index is 0.266. The standard InChI is InChI=1S/C27H24N4O4/c1-17-24(18(2)31(30-17)22-7-5-4-6-8-22)25(32)27(34)29-20-11-9-19(10-12-20)26(33)28-21-13-15-23(35-3)16-14-21/h4-16H,1-3H3,(H,28,33)(H,29,34). The number of methoxy groups -OCH3 is 1. The van der Waals surface area contributed by atoms with Crippen LogP contribution in [0.15, 0.2) is 78.9 Å². The Morgan fingerprint density at radius 1 is 0.800 bits per heavy atom. The van der Waals surface area contributed by atoms with E-state index in [1.807, 2.05) is 30.3 Å². The molecule has 0 saturated carbocycles. The quantitative estimate of drug-likeness (QED) is 0.306. The van der Waals surface area contributed by atoms with Crippen molar-refractivity contribution < 1.29 is 19.1 Å². The Morgan fingerprint density at radius 3 is 2.03 bits per heavy atom. The molecule has 0 unspecified atom stereocenters. The highest BCUT2D eigenvalue weighted by molar-refractivity contribution is 6.47. The second-order valence-electron chi connectivity index (χ2n) is 7.84. The number of hydrogen-bond donors (Lipinski definition) is 2. The number of benzene rings is 3. The zero-order chi connectivity index (χ0) is 24.9. The number of amides is 2. The van der Waals surface area contributed by atoms with Crippen LogP contribution in [0.25, 0.3) is 5.69 Å². The number of carbonyl (C=O) groups is 3. The maximum atomic E-state index is 12.9. The molecule has 0 aliphatic carbocycles. The van der Waals surface area contributed by atoms with Crippen LogP contribution in [-0.2, 0) is 4.79 Å². The number of anilines is 2. The summed E-state index contributed by atoms with van der Waals surface area (Å²) in [5.74, 6) is -1.07. The molecule has 0 aliphatic rings. The number of carbonyl (C=O) groups excluding carboxylic acids is 3. The highest BCUT2D eigenvalue weighted by Crippen LogP contribution is 2.20. The van der Waals surface area contributed by atoms with Crippen LogP contribution in [0.2, 0.25) is 0 Å². The second-order valence-corrected chi connectivity index (χ2v) is 7.84. The van der Waals surface area contributed by atoms with Gasteiger partial charge in [-0.2, -0.15) is 5.10 Å². The summed E-state index contributed by atoms with van der Waals surface area (Å²) in [7, 11) is 1.57. The molecule has 0 bridgehead atoms. The van der Waals surface area contributed by atoms with Crippen LogP contribution in [-0.4, -0.2) is 34.5 Å². The molecule has 0 atom stereocenters. The van der Waals surface area contributed by atoms with Gasteiger partial charge in [0.15, 0.2) is 0 Å². The van der Waals surface area contributed by atoms with E-state index < -0.39 is 11.7 Å². The molecule has 8 heteroatoms. The van der Waals surface area contributed by atoms with E-state index in [-0.39, 0.29) is 11.5 Å². The molecule has 4 rings (SSSR count). The van der Waals surface area contributed by atoms with Crippen LogP contribution >= 0.6 is 0 Å². The number of para-hydroxylation sites is 1. The summed E-state index contributed by atoms with van der Waals surface area (Å²) in [5, 5.41) is 9.82. The second kappa shape index (κ2) is 10.0. The first kappa shape index (κ1) is 23.4. The highest BCUT2D eigenvalue weighted by Gasteiger charge is 2.25. The van der Waals surface area contributed by atoms with Crippen molar-refractivity contribution in [3.8, 4) is 11.4 Å². The van der Waals surface area contributed by atoms with Crippen molar-refractivity contribution in [1.29, 1.82) is 0 Å². The van der Waals surface area contributed by atoms with E-state index in [9.17, 15) is 14.4 Å². The molecule has 2 N–H and O–H groups in total. The Morgan fingerprint density at radius 2 is 1.40 bits per heavy atom. The summed E-state index contributed by atoms with van der Waals surface area (Å²) in [5.41, 5.74) is 3.55. The molecule has 176 valence electrons. The van der Waals surface area contributed by atoms with Gasteiger partial charge in [0.05, 0.1) is 29.7 Å². The summed E-state index contributed by atoms with van der Waals surface area (Å²) in [6, 6.07) is 22.6. The summed E-state index contributed by atoms with van der Waals surface area (Å²) >= 11 is 0. The minimum Gasteiger partial charge on any atom is -0.497 e. The first-order valence-corrected chi connectivity index (χ1v) is 10.9. The molecule has 0 aliphatic heterocycles. The number of Topliss-reactive ketones (excluding diaryl/α,β-unsaturated/α-hetero) is 1. The topological polar surface area (TPSA) is 102 Å². The Balaban J connectivity index is 1.43. The largest absolute Gasteiger partial charge is 0.497 e. The van der Waals surface area contributed by atoms with E-state index in [0.717, 1.165) is 5.69 Å². The molecule has 1 heterocycles. The summed E-state index contributed by atoms with van der Waals surface area (Å²) in [6.45, 7) is 3.45. The van der Waals surface area contributed by atoms with Gasteiger partial charge in [0.1, 0.15) is 5.75 Å². The van der Waals surface area contributed by atoms with Crippen molar-refractivity contribution in [2.45, 2.75) is 13.8 Å². The minimum atomic E-state index is -0.778. The molecule has 1 aromatic heterocycles. The summed E-state index contributed by atoms with van der Waals surface area (Å²) in [4.78, 5) is 38.1. The first-order chi connectivity index (χ1) is 16.9. The van der Waals surface area contributed by atoms with E-state index in [1.165, 1.54) is 0 Å². The van der Waals surface area contributed by atoms with Crippen molar-refractivity contribution >= 4 is 29.0 Å². The van der Waals surface area contributed by atoms with Gasteiger partial charge >= 0.3 is 0 Å². The SMILES string of the molecule is COc1ccc(NC(=O)c2ccc(NC(=O)C(=O)c3c(C)nn(-c4ccccc4)c3C)cc2)cc1. The van der Waals surface area contributed by atoms with Gasteiger partial charge in [-0.05, 0) is 74.5 Å². The molecule has 4 aromatic rings. The number of ether oxygens (including phenoxy) is 1. The van der Waals surface area contributed by atoms with Crippen LogP contribution < -0.4 is 15.4 Å². The molecule has 0 spiro atoms. The number of aromatic nitrogens is 2. The van der Waals surface area contributed by atoms with Crippen molar-refractivity contribution in [1.82, 2.24) is 9.78 Å². The third kappa shape index (κ3) is 5.11. The number of nitrogens with zero attached hydrogens (tertiary/aromatic N) is 2. The lowest BCUT2D eigenvalue weighted by atomic mass is 10.1. The lowest BCUT2D eigenvalue weighted by Gasteiger charge is -2.08. The summed E-state index contributed by atoms with van der Waals surface area (Å²) < 4.78 is 6.75. The van der Waals surface area contributed by atoms with Gasteiger partial charge in [0.2, 0.25) is 0 Å². The summed E-state index contributed by atoms with van der Waals surface area (Å²) in [6.07, 6.45) is 0. The molecule has 0 fully saturated rings. The predicted molar refractivity (Wildman–Crippen MR) is 133 cm³/mol. The normalized spacial score (nSPS) is 10.5. The van der Waals surface area contributed by atoms with Crippen LogP contribution in [0.4, 0.5) is 11.4 Å². The Labute approximate surface area is 202 Å². The maximum Gasteiger partial charge on any atom is 0.296 e. The third-order valence-corrected chi connectivity index (χ3v) is 5.48. The third-order valence-electron chi connectivity index (χ3n) is 5.48. The lowest BCUT2D eigenvalue weighted by molar-refractivity contribution is -0.112. The van der Waals surface area contributed by atoms with Gasteiger partial charge in [0.25, 0.3) is 17.6 Å². The van der Waals surface area contributed by atoms with Crippen LogP contribution in [0.3, 0.4) is 0 Å². The molecule has 0 radical (unpaired) electrons. The van der Waals surface area contributed by atoms with Gasteiger partial charge in [-0.1, -0.05) is 18.2 Å². The van der Waals surface area contributed by atoms with Crippen molar-refractivity contribution in [2.24, 2.45) is 0 Å². The molecular weight excluding hydrogens is 444 g/mol. The highest BCUT2D eigenvalue weighted by atomic mass is 16.5. The smallest absolute Gasteiger partial charge is 0.296 e. The van der Waals surface area contributed by atoms with E-state index in [4.69, 9.17) is 4.74 Å². The Hall–Kier alpha value is -4.72. The van der Waals surface area contributed by atoms with E-state index >= 15 is 0 Å². The molecule has 3 aromatic carbocycles. The number of ketones is 1. The van der Waals surface area contributed by atoms with E-state index in [2.05, 4.69) is 15.7 Å². The van der Waals surface area contributed by atoms with Crippen molar-refractivity contribution in [3.63, 3.8) is 0 Å². The van der Waals surface area contributed by atoms with E-state index in [0.29, 0.717) is 34.1 Å². The maximum absolute atomic E-state index is 12.9. The van der Waals surface area contributed by atoms with Gasteiger partial charge in [-0.3, -0.25) is 14.4 Å². The fourth-order valence-electron chi connectivity index (χ4n) is 3.68. The monoisotopic (exact) mass is 468 g/mol. The zero-order valence-corrected chi connectivity index (χ0v) is 19.5. The average Bonchev–Trinajstić information content (AvgIpc) is 3.18. The molecule has 2 amide bonds. The van der Waals surface area contributed by atoms with Crippen LogP contribution in [0, 0.1) is 13.8 Å². The van der Waals surface area contributed by atoms with Gasteiger partial charge in [-0.15, -0.1) is 0 Å². The fraction of sp³-hybridized carbons (Fsp3) is 0.111. The molecule has 8 nitrogen and oxygen atoms in total. The van der Waals surface area contributed by atoms with Crippen molar-refractivity contribution in [3.05, 3.63) is 101 Å². The average molecular weight is 469 g/mol. The van der Waals surface area contributed by atoms with Gasteiger partial charge in [0, 0.05) is 16.9 Å². The Kier molecular flexibility index (Phi) is 6.73. The zero-order valence-electron chi connectivity index (χ0n) is 19.5. The van der Waals surface area contributed by atoms with Crippen molar-refractivity contribution in [2.75, 3.05) is 17.7 Å². The molecule has 35 heavy (non-hydrogen) atoms. The molecule has 0 saturated heterocycles. The number of hydrogen-bond acceptors (Lipinski definition) is 5. The van der Waals surface area contributed by atoms with Gasteiger partial charge < -0.3 is 15.4 Å².